The first-order chi connectivity index (χ1) is 14.9. The van der Waals surface area contributed by atoms with Crippen LogP contribution >= 0.6 is 22.9 Å². The van der Waals surface area contributed by atoms with Gasteiger partial charge in [-0.3, -0.25) is 9.59 Å². The average molecular weight is 454 g/mol. The molecule has 1 aromatic carbocycles. The number of thiophene rings is 1. The second-order valence-corrected chi connectivity index (χ2v) is 8.66. The molecule has 1 unspecified atom stereocenters. The third-order valence-electron chi connectivity index (χ3n) is 4.88. The van der Waals surface area contributed by atoms with E-state index >= 15 is 0 Å². The van der Waals surface area contributed by atoms with Crippen molar-refractivity contribution in [3.05, 3.63) is 69.7 Å². The number of amides is 1. The van der Waals surface area contributed by atoms with Gasteiger partial charge in [-0.15, -0.1) is 11.3 Å². The fourth-order valence-electron chi connectivity index (χ4n) is 3.34. The van der Waals surface area contributed by atoms with Crippen molar-refractivity contribution in [1.29, 1.82) is 0 Å². The van der Waals surface area contributed by atoms with Gasteiger partial charge in [-0.1, -0.05) is 11.6 Å². The number of rotatable bonds is 6. The molecular formula is C23H20ClN3O3S. The lowest BCUT2D eigenvalue weighted by molar-refractivity contribution is -0.116. The third-order valence-corrected chi connectivity index (χ3v) is 6.40. The minimum Gasteiger partial charge on any atom is -0.486 e. The van der Waals surface area contributed by atoms with E-state index in [2.05, 4.69) is 10.3 Å². The van der Waals surface area contributed by atoms with Crippen molar-refractivity contribution >= 4 is 46.5 Å². The van der Waals surface area contributed by atoms with Gasteiger partial charge in [0.05, 0.1) is 16.4 Å². The van der Waals surface area contributed by atoms with Crippen LogP contribution in [0.3, 0.4) is 0 Å². The van der Waals surface area contributed by atoms with Crippen LogP contribution in [0.25, 0.3) is 16.5 Å². The number of Topliss-reactive ketones (excluding diaryl/α,β-unsaturated/α-hetero) is 1. The van der Waals surface area contributed by atoms with Crippen LogP contribution in [0.1, 0.15) is 27.7 Å². The normalized spacial score (nSPS) is 15.0. The highest BCUT2D eigenvalue weighted by Crippen LogP contribution is 2.41. The van der Waals surface area contributed by atoms with Crippen molar-refractivity contribution in [3.8, 4) is 16.2 Å². The fraction of sp³-hybridized carbons (Fsp3) is 0.174. The number of hydrogen-bond acceptors (Lipinski definition) is 6. The lowest BCUT2D eigenvalue weighted by atomic mass is 10.1. The molecule has 1 aliphatic rings. The molecule has 0 saturated carbocycles. The topological polar surface area (TPSA) is 94.3 Å². The molecular weight excluding hydrogens is 434 g/mol. The Bertz CT molecular complexity index is 1190. The molecule has 3 aromatic rings. The molecule has 8 heteroatoms. The predicted molar refractivity (Wildman–Crippen MR) is 124 cm³/mol. The van der Waals surface area contributed by atoms with E-state index in [4.69, 9.17) is 22.1 Å². The van der Waals surface area contributed by atoms with Crippen LogP contribution in [0.15, 0.2) is 48.7 Å². The van der Waals surface area contributed by atoms with Gasteiger partial charge in [0.25, 0.3) is 0 Å². The maximum Gasteiger partial charge on any atom is 0.244 e. The van der Waals surface area contributed by atoms with E-state index in [9.17, 15) is 9.59 Å². The van der Waals surface area contributed by atoms with Crippen molar-refractivity contribution in [1.82, 2.24) is 10.3 Å². The van der Waals surface area contributed by atoms with Crippen LogP contribution in [0.5, 0.6) is 5.75 Å². The maximum atomic E-state index is 12.2. The number of ether oxygens (including phenoxy) is 1. The Balaban J connectivity index is 1.39. The first-order valence-corrected chi connectivity index (χ1v) is 10.9. The van der Waals surface area contributed by atoms with Crippen LogP contribution in [-0.4, -0.2) is 29.3 Å². The fourth-order valence-corrected chi connectivity index (χ4v) is 4.51. The van der Waals surface area contributed by atoms with Crippen LogP contribution in [0.2, 0.25) is 5.02 Å². The molecule has 31 heavy (non-hydrogen) atoms. The van der Waals surface area contributed by atoms with E-state index in [1.54, 1.807) is 31.3 Å². The van der Waals surface area contributed by atoms with Gasteiger partial charge in [-0.05, 0) is 55.0 Å². The van der Waals surface area contributed by atoms with Gasteiger partial charge in [0.2, 0.25) is 5.91 Å². The third kappa shape index (κ3) is 4.78. The molecule has 3 N–H and O–H groups in total. The number of pyridine rings is 1. The van der Waals surface area contributed by atoms with Crippen molar-refractivity contribution in [2.45, 2.75) is 19.4 Å². The smallest absolute Gasteiger partial charge is 0.244 e. The minimum atomic E-state index is -0.245. The summed E-state index contributed by atoms with van der Waals surface area (Å²) in [4.78, 5) is 29.4. The highest BCUT2D eigenvalue weighted by molar-refractivity contribution is 7.17. The van der Waals surface area contributed by atoms with Crippen molar-refractivity contribution in [3.63, 3.8) is 0 Å². The molecule has 1 atom stereocenters. The zero-order valence-electron chi connectivity index (χ0n) is 16.7. The Morgan fingerprint density at radius 3 is 2.94 bits per heavy atom. The number of nitrogen functional groups attached to an aromatic ring is 1. The molecule has 3 heterocycles. The summed E-state index contributed by atoms with van der Waals surface area (Å²) in [5.41, 5.74) is 8.39. The number of nitrogens with two attached hydrogens (primary N) is 1. The van der Waals surface area contributed by atoms with Gasteiger partial charge in [-0.2, -0.15) is 0 Å². The molecule has 2 aromatic heterocycles. The molecule has 1 amide bonds. The Hall–Kier alpha value is -3.16. The quantitative estimate of drug-likeness (QED) is 0.426. The standard InChI is InChI=1S/C23H20ClN3O3S/c1-13(28)19-5-6-20(31-19)15-9-16-10-17(30-22(16)18(24)11-15)12-27-21(29)7-4-14-3-2-8-26-23(14)25/h2-9,11,17H,10,12H2,1H3,(H2,25,26)(H,27,29)/b7-4+. The summed E-state index contributed by atoms with van der Waals surface area (Å²) in [6.07, 6.45) is 5.07. The van der Waals surface area contributed by atoms with E-state index in [0.717, 1.165) is 16.0 Å². The first kappa shape index (κ1) is 21.1. The number of carbonyl (C=O) groups is 2. The number of anilines is 1. The number of nitrogens with zero attached hydrogens (tertiary/aromatic N) is 1. The summed E-state index contributed by atoms with van der Waals surface area (Å²) in [5.74, 6) is 0.812. The van der Waals surface area contributed by atoms with E-state index in [1.807, 2.05) is 24.3 Å². The lowest BCUT2D eigenvalue weighted by Gasteiger charge is -2.11. The maximum absolute atomic E-state index is 12.2. The summed E-state index contributed by atoms with van der Waals surface area (Å²) in [6, 6.07) is 11.2. The monoisotopic (exact) mass is 453 g/mol. The zero-order chi connectivity index (χ0) is 22.0. The van der Waals surface area contributed by atoms with E-state index in [-0.39, 0.29) is 17.8 Å². The number of carbonyl (C=O) groups excluding carboxylic acids is 2. The number of benzene rings is 1. The zero-order valence-corrected chi connectivity index (χ0v) is 18.3. The van der Waals surface area contributed by atoms with E-state index in [0.29, 0.717) is 40.0 Å². The Kier molecular flexibility index (Phi) is 6.06. The Labute approximate surface area is 188 Å². The number of halogens is 1. The molecule has 0 saturated heterocycles. The Morgan fingerprint density at radius 1 is 1.35 bits per heavy atom. The minimum absolute atomic E-state index is 0.0444. The molecule has 6 nitrogen and oxygen atoms in total. The number of fused-ring (bicyclic) bond motifs is 1. The predicted octanol–water partition coefficient (Wildman–Crippen LogP) is 4.38. The largest absolute Gasteiger partial charge is 0.486 e. The lowest BCUT2D eigenvalue weighted by Crippen LogP contribution is -2.33. The molecule has 158 valence electrons. The molecule has 4 rings (SSSR count). The van der Waals surface area contributed by atoms with E-state index in [1.165, 1.54) is 17.4 Å². The summed E-state index contributed by atoms with van der Waals surface area (Å²) in [7, 11) is 0. The highest BCUT2D eigenvalue weighted by atomic mass is 35.5. The first-order valence-electron chi connectivity index (χ1n) is 9.67. The SMILES string of the molecule is CC(=O)c1ccc(-c2cc(Cl)c3c(c2)CC(CNC(=O)/C=C/c2cccnc2N)O3)s1. The van der Waals surface area contributed by atoms with Gasteiger partial charge >= 0.3 is 0 Å². The second-order valence-electron chi connectivity index (χ2n) is 7.17. The highest BCUT2D eigenvalue weighted by Gasteiger charge is 2.26. The average Bonchev–Trinajstić information content (AvgIpc) is 3.39. The molecule has 0 bridgehead atoms. The van der Waals surface area contributed by atoms with Crippen LogP contribution in [0.4, 0.5) is 5.82 Å². The van der Waals surface area contributed by atoms with Gasteiger partial charge in [0.1, 0.15) is 17.7 Å². The van der Waals surface area contributed by atoms with Crippen molar-refractivity contribution in [2.75, 3.05) is 12.3 Å². The molecule has 0 radical (unpaired) electrons. The van der Waals surface area contributed by atoms with E-state index < -0.39 is 0 Å². The Morgan fingerprint density at radius 2 is 2.19 bits per heavy atom. The van der Waals surface area contributed by atoms with Crippen LogP contribution < -0.4 is 15.8 Å². The summed E-state index contributed by atoms with van der Waals surface area (Å²) < 4.78 is 5.95. The molecule has 0 fully saturated rings. The second kappa shape index (κ2) is 8.91. The van der Waals surface area contributed by atoms with Gasteiger partial charge in [-0.25, -0.2) is 4.98 Å². The number of nitrogens with one attached hydrogen (secondary N) is 1. The van der Waals surface area contributed by atoms with Gasteiger partial charge in [0, 0.05) is 34.7 Å². The van der Waals surface area contributed by atoms with Crippen molar-refractivity contribution in [2.24, 2.45) is 0 Å². The van der Waals surface area contributed by atoms with Crippen molar-refractivity contribution < 1.29 is 14.3 Å². The molecule has 0 aliphatic carbocycles. The van der Waals surface area contributed by atoms with Gasteiger partial charge in [0.15, 0.2) is 5.78 Å². The summed E-state index contributed by atoms with van der Waals surface area (Å²) >= 11 is 7.89. The van der Waals surface area contributed by atoms with Crippen LogP contribution in [0, 0.1) is 0 Å². The number of hydrogen-bond donors (Lipinski definition) is 2. The number of aromatic nitrogens is 1. The number of ketones is 1. The summed E-state index contributed by atoms with van der Waals surface area (Å²) in [5, 5.41) is 3.36. The summed E-state index contributed by atoms with van der Waals surface area (Å²) in [6.45, 7) is 1.90. The molecule has 0 spiro atoms. The van der Waals surface area contributed by atoms with Gasteiger partial charge < -0.3 is 15.8 Å². The molecule has 1 aliphatic heterocycles. The van der Waals surface area contributed by atoms with Crippen LogP contribution in [-0.2, 0) is 11.2 Å².